The molecule has 0 amide bonds. The lowest BCUT2D eigenvalue weighted by molar-refractivity contribution is 0.289. The summed E-state index contributed by atoms with van der Waals surface area (Å²) < 4.78 is 0. The van der Waals surface area contributed by atoms with Crippen LogP contribution in [-0.4, -0.2) is 23.5 Å². The molecule has 17 heavy (non-hydrogen) atoms. The zero-order chi connectivity index (χ0) is 12.3. The van der Waals surface area contributed by atoms with Crippen LogP contribution in [0.1, 0.15) is 46.5 Å². The number of thioether (sulfide) groups is 1. The van der Waals surface area contributed by atoms with Gasteiger partial charge in [-0.15, -0.1) is 0 Å². The van der Waals surface area contributed by atoms with Crippen molar-refractivity contribution in [3.05, 3.63) is 0 Å². The second-order valence-electron chi connectivity index (χ2n) is 6.09. The van der Waals surface area contributed by atoms with E-state index < -0.39 is 0 Å². The highest BCUT2D eigenvalue weighted by molar-refractivity contribution is 8.14. The number of amidine groups is 1. The van der Waals surface area contributed by atoms with E-state index in [1.54, 1.807) is 0 Å². The third kappa shape index (κ3) is 3.90. The van der Waals surface area contributed by atoms with Crippen molar-refractivity contribution in [2.24, 2.45) is 22.7 Å². The topological polar surface area (TPSA) is 24.4 Å². The summed E-state index contributed by atoms with van der Waals surface area (Å²) in [5.74, 6) is 3.66. The van der Waals surface area contributed by atoms with Crippen LogP contribution < -0.4 is 5.32 Å². The maximum absolute atomic E-state index is 4.78. The van der Waals surface area contributed by atoms with Gasteiger partial charge in [0.15, 0.2) is 5.17 Å². The van der Waals surface area contributed by atoms with Crippen LogP contribution in [0.15, 0.2) is 4.99 Å². The minimum Gasteiger partial charge on any atom is -0.361 e. The molecule has 3 atom stereocenters. The van der Waals surface area contributed by atoms with E-state index in [0.29, 0.717) is 12.0 Å². The highest BCUT2D eigenvalue weighted by Crippen LogP contribution is 2.29. The van der Waals surface area contributed by atoms with E-state index in [1.807, 2.05) is 11.8 Å². The predicted octanol–water partition coefficient (Wildman–Crippen LogP) is 3.53. The first kappa shape index (κ1) is 13.3. The molecule has 1 saturated carbocycles. The normalized spacial score (nSPS) is 36.5. The van der Waals surface area contributed by atoms with E-state index in [1.165, 1.54) is 36.6 Å². The summed E-state index contributed by atoms with van der Waals surface area (Å²) in [6.07, 6.45) is 5.61. The van der Waals surface area contributed by atoms with Crippen molar-refractivity contribution < 1.29 is 0 Å². The van der Waals surface area contributed by atoms with Crippen molar-refractivity contribution in [1.82, 2.24) is 5.32 Å². The average Bonchev–Trinajstić information content (AvgIpc) is 2.75. The zero-order valence-corrected chi connectivity index (χ0v) is 12.2. The van der Waals surface area contributed by atoms with Crippen LogP contribution in [0, 0.1) is 17.8 Å². The number of hydrogen-bond acceptors (Lipinski definition) is 2. The molecule has 2 fully saturated rings. The molecule has 2 nitrogen and oxygen atoms in total. The lowest BCUT2D eigenvalue weighted by Gasteiger charge is -2.25. The Kier molecular flexibility index (Phi) is 4.78. The Labute approximate surface area is 110 Å². The summed E-state index contributed by atoms with van der Waals surface area (Å²) in [6.45, 7) is 8.00. The standard InChI is InChI=1S/C14H26N2S/c1-10(2)13-9-17-14(16-13)15-8-12-6-4-5-11(3)7-12/h10-13H,4-9H2,1-3H3,(H,15,16). The molecule has 2 rings (SSSR count). The van der Waals surface area contributed by atoms with E-state index in [2.05, 4.69) is 26.1 Å². The van der Waals surface area contributed by atoms with Crippen molar-refractivity contribution in [3.63, 3.8) is 0 Å². The Hall–Kier alpha value is -0.180. The molecule has 3 heteroatoms. The van der Waals surface area contributed by atoms with Gasteiger partial charge in [-0.05, 0) is 30.6 Å². The van der Waals surface area contributed by atoms with E-state index in [9.17, 15) is 0 Å². The first-order valence-electron chi connectivity index (χ1n) is 7.09. The first-order valence-corrected chi connectivity index (χ1v) is 8.07. The van der Waals surface area contributed by atoms with Crippen molar-refractivity contribution >= 4 is 16.9 Å². The maximum Gasteiger partial charge on any atom is 0.156 e. The van der Waals surface area contributed by atoms with Crippen LogP contribution in [0.2, 0.25) is 0 Å². The van der Waals surface area contributed by atoms with Crippen molar-refractivity contribution in [1.29, 1.82) is 0 Å². The molecule has 0 aromatic rings. The van der Waals surface area contributed by atoms with Gasteiger partial charge in [0.05, 0.1) is 0 Å². The Morgan fingerprint density at radius 2 is 2.24 bits per heavy atom. The third-order valence-electron chi connectivity index (χ3n) is 4.05. The van der Waals surface area contributed by atoms with Crippen LogP contribution in [0.3, 0.4) is 0 Å². The average molecular weight is 254 g/mol. The van der Waals surface area contributed by atoms with Crippen molar-refractivity contribution in [2.45, 2.75) is 52.5 Å². The summed E-state index contributed by atoms with van der Waals surface area (Å²) in [5.41, 5.74) is 0. The van der Waals surface area contributed by atoms with Crippen molar-refractivity contribution in [2.75, 3.05) is 12.3 Å². The van der Waals surface area contributed by atoms with E-state index in [-0.39, 0.29) is 0 Å². The van der Waals surface area contributed by atoms with Gasteiger partial charge in [-0.2, -0.15) is 0 Å². The van der Waals surface area contributed by atoms with Crippen molar-refractivity contribution in [3.8, 4) is 0 Å². The third-order valence-corrected chi connectivity index (χ3v) is 5.10. The van der Waals surface area contributed by atoms with Gasteiger partial charge in [-0.1, -0.05) is 45.4 Å². The van der Waals surface area contributed by atoms with Gasteiger partial charge in [0.1, 0.15) is 0 Å². The fourth-order valence-corrected chi connectivity index (χ4v) is 4.00. The smallest absolute Gasteiger partial charge is 0.156 e. The summed E-state index contributed by atoms with van der Waals surface area (Å²) >= 11 is 1.91. The second kappa shape index (κ2) is 6.12. The molecular formula is C14H26N2S. The van der Waals surface area contributed by atoms with Gasteiger partial charge in [-0.25, -0.2) is 0 Å². The molecule has 1 heterocycles. The summed E-state index contributed by atoms with van der Waals surface area (Å²) in [5, 5.41) is 4.75. The Morgan fingerprint density at radius 3 is 2.88 bits per heavy atom. The van der Waals surface area contributed by atoms with E-state index >= 15 is 0 Å². The molecule has 3 unspecified atom stereocenters. The van der Waals surface area contributed by atoms with E-state index in [0.717, 1.165) is 18.4 Å². The molecule has 0 aromatic heterocycles. The van der Waals surface area contributed by atoms with Gasteiger partial charge < -0.3 is 5.32 Å². The molecule has 1 N–H and O–H groups in total. The molecule has 1 aliphatic heterocycles. The minimum atomic E-state index is 0.629. The summed E-state index contributed by atoms with van der Waals surface area (Å²) in [6, 6.07) is 0.629. The van der Waals surface area contributed by atoms with Crippen LogP contribution in [0.5, 0.6) is 0 Å². The number of nitrogens with one attached hydrogen (secondary N) is 1. The molecule has 0 spiro atoms. The van der Waals surface area contributed by atoms with Crippen LogP contribution >= 0.6 is 11.8 Å². The molecule has 0 bridgehead atoms. The van der Waals surface area contributed by atoms with Gasteiger partial charge in [0.2, 0.25) is 0 Å². The molecule has 0 radical (unpaired) electrons. The Bertz CT molecular complexity index is 275. The highest BCUT2D eigenvalue weighted by Gasteiger charge is 2.23. The minimum absolute atomic E-state index is 0.629. The summed E-state index contributed by atoms with van der Waals surface area (Å²) in [7, 11) is 0. The lowest BCUT2D eigenvalue weighted by Crippen LogP contribution is -2.32. The predicted molar refractivity (Wildman–Crippen MR) is 77.6 cm³/mol. The summed E-state index contributed by atoms with van der Waals surface area (Å²) in [4.78, 5) is 4.78. The molecular weight excluding hydrogens is 228 g/mol. The number of aliphatic imine (C=N–C) groups is 1. The van der Waals surface area contributed by atoms with Crippen LogP contribution in [0.25, 0.3) is 0 Å². The Balaban J connectivity index is 1.77. The first-order chi connectivity index (χ1) is 8.15. The van der Waals surface area contributed by atoms with Gasteiger partial charge in [0.25, 0.3) is 0 Å². The monoisotopic (exact) mass is 254 g/mol. The van der Waals surface area contributed by atoms with Gasteiger partial charge in [-0.3, -0.25) is 4.99 Å². The quantitative estimate of drug-likeness (QED) is 0.833. The molecule has 2 aliphatic rings. The molecule has 0 aromatic carbocycles. The largest absolute Gasteiger partial charge is 0.361 e. The van der Waals surface area contributed by atoms with E-state index in [4.69, 9.17) is 4.99 Å². The van der Waals surface area contributed by atoms with Crippen LogP contribution in [-0.2, 0) is 0 Å². The number of nitrogens with zero attached hydrogens (tertiary/aromatic N) is 1. The zero-order valence-electron chi connectivity index (χ0n) is 11.4. The fraction of sp³-hybridized carbons (Fsp3) is 0.929. The van der Waals surface area contributed by atoms with Gasteiger partial charge >= 0.3 is 0 Å². The molecule has 1 aliphatic carbocycles. The lowest BCUT2D eigenvalue weighted by atomic mass is 9.82. The second-order valence-corrected chi connectivity index (χ2v) is 7.10. The highest BCUT2D eigenvalue weighted by atomic mass is 32.2. The van der Waals surface area contributed by atoms with Gasteiger partial charge in [0, 0.05) is 18.3 Å². The number of rotatable bonds is 3. The number of hydrogen-bond donors (Lipinski definition) is 1. The molecule has 98 valence electrons. The SMILES string of the molecule is CC1CCCC(CN=C2NC(C(C)C)CS2)C1. The Morgan fingerprint density at radius 1 is 1.41 bits per heavy atom. The van der Waals surface area contributed by atoms with Crippen LogP contribution in [0.4, 0.5) is 0 Å². The fourth-order valence-electron chi connectivity index (χ4n) is 2.80. The molecule has 1 saturated heterocycles. The maximum atomic E-state index is 4.78.